The smallest absolute Gasteiger partial charge is 0.345 e. The van der Waals surface area contributed by atoms with Crippen molar-refractivity contribution in [3.05, 3.63) is 69.4 Å². The highest BCUT2D eigenvalue weighted by atomic mass is 35.5. The number of aromatic carboxylic acids is 1. The molecule has 4 bridgehead atoms. The predicted molar refractivity (Wildman–Crippen MR) is 219 cm³/mol. The van der Waals surface area contributed by atoms with E-state index in [1.807, 2.05) is 6.07 Å². The Balaban J connectivity index is 0.000000132. The zero-order valence-electron chi connectivity index (χ0n) is 31.2. The van der Waals surface area contributed by atoms with E-state index in [1.165, 1.54) is 110 Å². The molecule has 4 aromatic rings. The molecule has 2 aliphatic carbocycles. The summed E-state index contributed by atoms with van der Waals surface area (Å²) in [5, 5.41) is 11.2. The lowest BCUT2D eigenvalue weighted by molar-refractivity contribution is -0.0643. The first-order valence-electron chi connectivity index (χ1n) is 19.5. The SMILES string of the molecule is CC1(C)[C@H](CC(=O)c2cc3ccc(C4CC4)cc3s2)C2CCN1CC2.CC1(C)[C@H](N)C2CCN1CC2.Cl.O=C(O)c1cc2ccc(C3CC3)cc2s1. The summed E-state index contributed by atoms with van der Waals surface area (Å²) in [6.45, 7) is 14.2. The van der Waals surface area contributed by atoms with Crippen LogP contribution in [0.1, 0.15) is 128 Å². The molecule has 52 heavy (non-hydrogen) atoms. The van der Waals surface area contributed by atoms with Gasteiger partial charge in [-0.1, -0.05) is 24.3 Å². The van der Waals surface area contributed by atoms with Gasteiger partial charge in [0.15, 0.2) is 5.78 Å². The Bertz CT molecular complexity index is 1920. The number of hydrogen-bond acceptors (Lipinski definition) is 7. The van der Waals surface area contributed by atoms with Crippen LogP contribution in [0.3, 0.4) is 0 Å². The molecular formula is C43H56ClN3O3S2. The molecule has 6 saturated heterocycles. The topological polar surface area (TPSA) is 86.9 Å². The van der Waals surface area contributed by atoms with E-state index < -0.39 is 5.97 Å². The second kappa shape index (κ2) is 14.7. The van der Waals surface area contributed by atoms with Crippen molar-refractivity contribution in [2.75, 3.05) is 26.2 Å². The molecule has 0 amide bonds. The number of nitrogens with two attached hydrogens (primary N) is 1. The van der Waals surface area contributed by atoms with E-state index in [-0.39, 0.29) is 23.5 Å². The molecule has 2 aromatic carbocycles. The van der Waals surface area contributed by atoms with Crippen molar-refractivity contribution in [1.29, 1.82) is 0 Å². The van der Waals surface area contributed by atoms with Crippen LogP contribution in [0.15, 0.2) is 48.5 Å². The molecule has 6 nitrogen and oxygen atoms in total. The molecule has 2 aromatic heterocycles. The molecule has 280 valence electrons. The first-order chi connectivity index (χ1) is 24.4. The zero-order chi connectivity index (χ0) is 35.7. The number of benzene rings is 2. The number of halogens is 1. The Morgan fingerprint density at radius 1 is 0.692 bits per heavy atom. The maximum absolute atomic E-state index is 13.1. The molecule has 2 atom stereocenters. The summed E-state index contributed by atoms with van der Waals surface area (Å²) in [5.74, 6) is 3.08. The van der Waals surface area contributed by atoms with Crippen LogP contribution in [0.2, 0.25) is 0 Å². The Labute approximate surface area is 323 Å². The van der Waals surface area contributed by atoms with Crippen LogP contribution in [0, 0.1) is 17.8 Å². The summed E-state index contributed by atoms with van der Waals surface area (Å²) in [7, 11) is 0. The Kier molecular flexibility index (Phi) is 10.7. The van der Waals surface area contributed by atoms with Crippen molar-refractivity contribution in [3.8, 4) is 0 Å². The van der Waals surface area contributed by atoms with Gasteiger partial charge in [-0.3, -0.25) is 14.6 Å². The summed E-state index contributed by atoms with van der Waals surface area (Å²) >= 11 is 3.08. The van der Waals surface area contributed by atoms with Crippen molar-refractivity contribution in [2.24, 2.45) is 23.5 Å². The van der Waals surface area contributed by atoms with E-state index in [0.29, 0.717) is 22.6 Å². The van der Waals surface area contributed by atoms with Gasteiger partial charge in [-0.15, -0.1) is 35.1 Å². The third-order valence-corrected chi connectivity index (χ3v) is 15.8. The van der Waals surface area contributed by atoms with Crippen molar-refractivity contribution >= 4 is 67.0 Å². The highest BCUT2D eigenvalue weighted by molar-refractivity contribution is 7.21. The molecule has 6 aliphatic heterocycles. The zero-order valence-corrected chi connectivity index (χ0v) is 33.7. The fraction of sp³-hybridized carbons (Fsp3) is 0.581. The molecule has 12 rings (SSSR count). The van der Waals surface area contributed by atoms with E-state index in [1.54, 1.807) is 17.4 Å². The van der Waals surface area contributed by atoms with E-state index in [2.05, 4.69) is 73.9 Å². The fourth-order valence-electron chi connectivity index (χ4n) is 9.71. The third kappa shape index (κ3) is 7.50. The molecule has 3 N–H and O–H groups in total. The minimum atomic E-state index is -0.829. The number of rotatable bonds is 6. The molecule has 0 unspecified atom stereocenters. The number of piperidine rings is 6. The van der Waals surface area contributed by atoms with Gasteiger partial charge in [-0.25, -0.2) is 4.79 Å². The number of carbonyl (C=O) groups excluding carboxylic acids is 1. The summed E-state index contributed by atoms with van der Waals surface area (Å²) in [4.78, 5) is 30.4. The lowest BCUT2D eigenvalue weighted by atomic mass is 9.65. The van der Waals surface area contributed by atoms with Crippen LogP contribution in [0.25, 0.3) is 20.2 Å². The minimum Gasteiger partial charge on any atom is -0.477 e. The van der Waals surface area contributed by atoms with Crippen molar-refractivity contribution in [1.82, 2.24) is 9.80 Å². The van der Waals surface area contributed by atoms with Gasteiger partial charge >= 0.3 is 5.97 Å². The second-order valence-corrected chi connectivity index (χ2v) is 19.6. The lowest BCUT2D eigenvalue weighted by Gasteiger charge is -2.56. The summed E-state index contributed by atoms with van der Waals surface area (Å²) in [5.41, 5.74) is 9.42. The number of thiophene rings is 2. The van der Waals surface area contributed by atoms with Crippen LogP contribution in [-0.4, -0.2) is 70.0 Å². The molecule has 2 saturated carbocycles. The number of fused-ring (bicyclic) bond motifs is 8. The van der Waals surface area contributed by atoms with Crippen LogP contribution >= 0.6 is 35.1 Å². The summed E-state index contributed by atoms with van der Waals surface area (Å²) < 4.78 is 2.39. The van der Waals surface area contributed by atoms with Crippen LogP contribution in [0.5, 0.6) is 0 Å². The minimum absolute atomic E-state index is 0. The normalized spacial score (nSPS) is 29.4. The van der Waals surface area contributed by atoms with Gasteiger partial charge in [0.1, 0.15) is 4.88 Å². The largest absolute Gasteiger partial charge is 0.477 e. The van der Waals surface area contributed by atoms with E-state index in [9.17, 15) is 9.59 Å². The number of carbonyl (C=O) groups is 2. The highest BCUT2D eigenvalue weighted by Gasteiger charge is 2.48. The average molecular weight is 763 g/mol. The predicted octanol–water partition coefficient (Wildman–Crippen LogP) is 10.2. The second-order valence-electron chi connectivity index (χ2n) is 17.4. The Hall–Kier alpha value is -2.33. The van der Waals surface area contributed by atoms with Crippen molar-refractivity contribution in [3.63, 3.8) is 0 Å². The number of hydrogen-bond donors (Lipinski definition) is 2. The third-order valence-electron chi connectivity index (χ3n) is 13.6. The van der Waals surface area contributed by atoms with Gasteiger partial charge < -0.3 is 10.8 Å². The average Bonchev–Trinajstić information content (AvgIpc) is 4.07. The van der Waals surface area contributed by atoms with Gasteiger partial charge in [0, 0.05) is 32.9 Å². The molecule has 8 fully saturated rings. The molecule has 8 aliphatic rings. The van der Waals surface area contributed by atoms with E-state index >= 15 is 0 Å². The molecule has 8 heterocycles. The quantitative estimate of drug-likeness (QED) is 0.190. The monoisotopic (exact) mass is 761 g/mol. The maximum Gasteiger partial charge on any atom is 0.345 e. The number of Topliss-reactive ketones (excluding diaryl/α,β-unsaturated/α-hetero) is 1. The number of nitrogens with zero attached hydrogens (tertiary/aromatic N) is 2. The highest BCUT2D eigenvalue weighted by Crippen LogP contribution is 2.47. The summed E-state index contributed by atoms with van der Waals surface area (Å²) in [6.07, 6.45) is 11.1. The van der Waals surface area contributed by atoms with Crippen LogP contribution in [-0.2, 0) is 0 Å². The van der Waals surface area contributed by atoms with E-state index in [4.69, 9.17) is 10.8 Å². The number of carboxylic acids is 1. The molecule has 9 heteroatoms. The van der Waals surface area contributed by atoms with Gasteiger partial charge in [-0.05, 0) is 181 Å². The molecule has 0 radical (unpaired) electrons. The number of carboxylic acid groups (broad SMARTS) is 1. The van der Waals surface area contributed by atoms with Crippen LogP contribution in [0.4, 0.5) is 0 Å². The van der Waals surface area contributed by atoms with Gasteiger partial charge in [-0.2, -0.15) is 0 Å². The maximum atomic E-state index is 13.1. The summed E-state index contributed by atoms with van der Waals surface area (Å²) in [6, 6.07) is 17.4. The van der Waals surface area contributed by atoms with E-state index in [0.717, 1.165) is 45.1 Å². The van der Waals surface area contributed by atoms with Crippen molar-refractivity contribution in [2.45, 2.75) is 114 Å². The Morgan fingerprint density at radius 3 is 1.58 bits per heavy atom. The van der Waals surface area contributed by atoms with Gasteiger partial charge in [0.25, 0.3) is 0 Å². The molecule has 0 spiro atoms. The van der Waals surface area contributed by atoms with Crippen molar-refractivity contribution < 1.29 is 14.7 Å². The molecular weight excluding hydrogens is 706 g/mol. The Morgan fingerprint density at radius 2 is 1.15 bits per heavy atom. The van der Waals surface area contributed by atoms with Crippen LogP contribution < -0.4 is 5.73 Å². The first kappa shape index (κ1) is 38.0. The van der Waals surface area contributed by atoms with Gasteiger partial charge in [0.2, 0.25) is 0 Å². The number of ketones is 1. The van der Waals surface area contributed by atoms with Gasteiger partial charge in [0.05, 0.1) is 4.88 Å². The standard InChI is InChI=1S/C22H27NOS.C12H10O2S.C9H18N2.ClH/c1-22(2)18(15-7-9-23(22)10-8-15)13-19(24)21-12-17-6-5-16(14-3-4-14)11-20(17)25-21;13-12(14)11-6-9-4-3-8(7-1-2-7)5-10(9)15-11;1-9(2)8(10)7-3-5-11(9)6-4-7;/h5-6,11-12,14-15,18H,3-4,7-10,13H2,1-2H3;3-7H,1-2H2,(H,13,14);7-8H,3-6,10H2,1-2H3;1H/t18-;;8-;/m1.1./s1. The lowest BCUT2D eigenvalue weighted by Crippen LogP contribution is -2.67. The first-order valence-corrected chi connectivity index (χ1v) is 21.1. The fourth-order valence-corrected chi connectivity index (χ4v) is 11.7.